The number of methoxy groups -OCH3 is 1. The monoisotopic (exact) mass is 478 g/mol. The number of hydrogen-bond acceptors (Lipinski definition) is 5. The first-order valence-electron chi connectivity index (χ1n) is 9.67. The molecule has 6 nitrogen and oxygen atoms in total. The van der Waals surface area contributed by atoms with E-state index in [9.17, 15) is 10.2 Å². The number of ether oxygens (including phenoxy) is 1. The number of halogens is 1. The van der Waals surface area contributed by atoms with Gasteiger partial charge >= 0.3 is 0 Å². The molecule has 0 saturated heterocycles. The molecule has 0 aliphatic carbocycles. The summed E-state index contributed by atoms with van der Waals surface area (Å²) < 4.78 is 7.57. The number of fused-ring (bicyclic) bond motifs is 1. The molecule has 1 atom stereocenters. The number of benzene rings is 3. The van der Waals surface area contributed by atoms with Gasteiger partial charge in [-0.15, -0.1) is 0 Å². The maximum atomic E-state index is 11.2. The molecule has 4 aromatic rings. The van der Waals surface area contributed by atoms with Crippen molar-refractivity contribution in [2.75, 3.05) is 12.2 Å². The van der Waals surface area contributed by atoms with E-state index in [1.54, 1.807) is 24.3 Å². The number of hydroxylamine groups is 1. The SMILES string of the molecule is COc1ccc(C2c3c(c(O)n(-c4ccc(Br)cc4)c3O)ON2c2ccccc2)cc1. The van der Waals surface area contributed by atoms with Gasteiger partial charge in [0.05, 0.1) is 24.0 Å². The summed E-state index contributed by atoms with van der Waals surface area (Å²) in [5, 5.41) is 23.9. The second-order valence-electron chi connectivity index (χ2n) is 7.13. The molecule has 1 unspecified atom stereocenters. The Bertz CT molecular complexity index is 1220. The van der Waals surface area contributed by atoms with E-state index >= 15 is 0 Å². The van der Waals surface area contributed by atoms with E-state index in [-0.39, 0.29) is 17.5 Å². The summed E-state index contributed by atoms with van der Waals surface area (Å²) in [6, 6.07) is 24.0. The topological polar surface area (TPSA) is 67.1 Å². The number of para-hydroxylation sites is 1. The van der Waals surface area contributed by atoms with Crippen molar-refractivity contribution in [3.05, 3.63) is 94.5 Å². The second kappa shape index (κ2) is 7.59. The highest BCUT2D eigenvalue weighted by atomic mass is 79.9. The highest BCUT2D eigenvalue weighted by molar-refractivity contribution is 9.10. The van der Waals surface area contributed by atoms with Crippen LogP contribution in [0.4, 0.5) is 5.69 Å². The number of anilines is 1. The summed E-state index contributed by atoms with van der Waals surface area (Å²) in [6.07, 6.45) is 0. The molecule has 0 bridgehead atoms. The van der Waals surface area contributed by atoms with E-state index < -0.39 is 6.04 Å². The van der Waals surface area contributed by atoms with Crippen LogP contribution < -0.4 is 14.6 Å². The van der Waals surface area contributed by atoms with Crippen molar-refractivity contribution in [2.45, 2.75) is 6.04 Å². The highest BCUT2D eigenvalue weighted by Crippen LogP contribution is 2.54. The van der Waals surface area contributed by atoms with Crippen LogP contribution in [0.3, 0.4) is 0 Å². The van der Waals surface area contributed by atoms with Gasteiger partial charge in [-0.05, 0) is 54.1 Å². The van der Waals surface area contributed by atoms with Crippen molar-refractivity contribution in [2.24, 2.45) is 0 Å². The third-order valence-corrected chi connectivity index (χ3v) is 5.87. The lowest BCUT2D eigenvalue weighted by atomic mass is 10.00. The predicted octanol–water partition coefficient (Wildman–Crippen LogP) is 5.56. The van der Waals surface area contributed by atoms with Crippen LogP contribution in [0.1, 0.15) is 17.2 Å². The van der Waals surface area contributed by atoms with Crippen molar-refractivity contribution in [3.63, 3.8) is 0 Å². The van der Waals surface area contributed by atoms with Gasteiger partial charge in [0.15, 0.2) is 0 Å². The first-order chi connectivity index (χ1) is 15.1. The molecule has 0 saturated carbocycles. The van der Waals surface area contributed by atoms with Gasteiger partial charge in [0.1, 0.15) is 11.8 Å². The Hall–Kier alpha value is -3.58. The zero-order valence-corrected chi connectivity index (χ0v) is 18.2. The van der Waals surface area contributed by atoms with Crippen LogP contribution in [0, 0.1) is 0 Å². The van der Waals surface area contributed by atoms with Crippen LogP contribution in [0.2, 0.25) is 0 Å². The number of rotatable bonds is 4. The van der Waals surface area contributed by atoms with Crippen molar-refractivity contribution in [1.82, 2.24) is 4.57 Å². The Balaban J connectivity index is 1.68. The van der Waals surface area contributed by atoms with E-state index in [1.165, 1.54) is 4.57 Å². The van der Waals surface area contributed by atoms with Crippen LogP contribution in [-0.4, -0.2) is 21.9 Å². The molecule has 0 fully saturated rings. The molecule has 31 heavy (non-hydrogen) atoms. The summed E-state index contributed by atoms with van der Waals surface area (Å²) in [5.41, 5.74) is 2.80. The van der Waals surface area contributed by atoms with Gasteiger partial charge in [0.2, 0.25) is 17.5 Å². The van der Waals surface area contributed by atoms with Gasteiger partial charge in [-0.2, -0.15) is 5.06 Å². The molecular weight excluding hydrogens is 460 g/mol. The first kappa shape index (κ1) is 19.4. The number of aromatic hydroxyl groups is 2. The van der Waals surface area contributed by atoms with Crippen LogP contribution in [0.5, 0.6) is 23.3 Å². The van der Waals surface area contributed by atoms with Crippen LogP contribution in [-0.2, 0) is 0 Å². The summed E-state index contributed by atoms with van der Waals surface area (Å²) in [6.45, 7) is 0. The highest BCUT2D eigenvalue weighted by Gasteiger charge is 2.43. The van der Waals surface area contributed by atoms with Gasteiger partial charge < -0.3 is 19.8 Å². The lowest BCUT2D eigenvalue weighted by molar-refractivity contribution is 0.273. The Morgan fingerprint density at radius 1 is 0.839 bits per heavy atom. The van der Waals surface area contributed by atoms with Crippen molar-refractivity contribution < 1.29 is 19.8 Å². The molecule has 3 aromatic carbocycles. The fraction of sp³-hybridized carbons (Fsp3) is 0.0833. The quantitative estimate of drug-likeness (QED) is 0.401. The molecule has 2 heterocycles. The molecule has 156 valence electrons. The first-order valence-corrected chi connectivity index (χ1v) is 10.5. The van der Waals surface area contributed by atoms with Crippen molar-refractivity contribution in [1.29, 1.82) is 0 Å². The normalized spacial score (nSPS) is 14.9. The van der Waals surface area contributed by atoms with Crippen LogP contribution in [0.15, 0.2) is 83.3 Å². The summed E-state index contributed by atoms with van der Waals surface area (Å²) in [5.74, 6) is 0.722. The zero-order valence-electron chi connectivity index (χ0n) is 16.6. The number of aromatic nitrogens is 1. The molecule has 1 aliphatic heterocycles. The molecule has 2 N–H and O–H groups in total. The number of hydrogen-bond donors (Lipinski definition) is 2. The van der Waals surface area contributed by atoms with Crippen molar-refractivity contribution >= 4 is 21.6 Å². The third-order valence-electron chi connectivity index (χ3n) is 5.34. The molecule has 0 amide bonds. The summed E-state index contributed by atoms with van der Waals surface area (Å²) in [4.78, 5) is 6.12. The minimum absolute atomic E-state index is 0.0749. The van der Waals surface area contributed by atoms with Crippen LogP contribution >= 0.6 is 15.9 Å². The fourth-order valence-electron chi connectivity index (χ4n) is 3.85. The Kier molecular flexibility index (Phi) is 4.75. The smallest absolute Gasteiger partial charge is 0.246 e. The minimum atomic E-state index is -0.467. The Morgan fingerprint density at radius 3 is 2.16 bits per heavy atom. The third kappa shape index (κ3) is 3.18. The lowest BCUT2D eigenvalue weighted by Gasteiger charge is -2.26. The maximum Gasteiger partial charge on any atom is 0.246 e. The molecule has 0 spiro atoms. The molecule has 7 heteroatoms. The predicted molar refractivity (Wildman–Crippen MR) is 121 cm³/mol. The molecule has 1 aliphatic rings. The standard InChI is InChI=1S/C24H19BrN2O4/c1-30-19-13-7-15(8-14-19)21-20-22(31-27(21)18-5-3-2-4-6-18)24(29)26(23(20)28)17-11-9-16(25)10-12-17/h2-14,21,28-29H,1H3. The number of nitrogens with zero attached hydrogens (tertiary/aromatic N) is 2. The maximum absolute atomic E-state index is 11.2. The Labute approximate surface area is 187 Å². The average molecular weight is 479 g/mol. The molecule has 5 rings (SSSR count). The van der Waals surface area contributed by atoms with E-state index in [0.29, 0.717) is 11.3 Å². The minimum Gasteiger partial charge on any atom is -0.497 e. The van der Waals surface area contributed by atoms with Crippen LogP contribution in [0.25, 0.3) is 5.69 Å². The lowest BCUT2D eigenvalue weighted by Crippen LogP contribution is -2.27. The van der Waals surface area contributed by atoms with E-state index in [0.717, 1.165) is 21.5 Å². The summed E-state index contributed by atoms with van der Waals surface area (Å²) >= 11 is 3.41. The van der Waals surface area contributed by atoms with Gasteiger partial charge in [-0.1, -0.05) is 46.3 Å². The summed E-state index contributed by atoms with van der Waals surface area (Å²) in [7, 11) is 1.62. The Morgan fingerprint density at radius 2 is 1.52 bits per heavy atom. The van der Waals surface area contributed by atoms with Gasteiger partial charge in [-0.3, -0.25) is 0 Å². The largest absolute Gasteiger partial charge is 0.497 e. The average Bonchev–Trinajstić information content (AvgIpc) is 3.31. The second-order valence-corrected chi connectivity index (χ2v) is 8.05. The van der Waals surface area contributed by atoms with Gasteiger partial charge in [0, 0.05) is 4.47 Å². The van der Waals surface area contributed by atoms with Gasteiger partial charge in [0.25, 0.3) is 0 Å². The van der Waals surface area contributed by atoms with E-state index in [1.807, 2.05) is 66.7 Å². The molecular formula is C24H19BrN2O4. The van der Waals surface area contributed by atoms with Crippen molar-refractivity contribution in [3.8, 4) is 28.9 Å². The van der Waals surface area contributed by atoms with E-state index in [2.05, 4.69) is 15.9 Å². The zero-order chi connectivity index (χ0) is 21.5. The fourth-order valence-corrected chi connectivity index (χ4v) is 4.11. The molecule has 0 radical (unpaired) electrons. The molecule has 1 aromatic heterocycles. The van der Waals surface area contributed by atoms with E-state index in [4.69, 9.17) is 9.57 Å². The van der Waals surface area contributed by atoms with Gasteiger partial charge in [-0.25, -0.2) is 4.57 Å².